The highest BCUT2D eigenvalue weighted by molar-refractivity contribution is 6.31. The Bertz CT molecular complexity index is 605. The molecule has 2 N–H and O–H groups in total. The fourth-order valence-corrected chi connectivity index (χ4v) is 2.44. The second-order valence-electron chi connectivity index (χ2n) is 5.25. The number of esters is 1. The third-order valence-electron chi connectivity index (χ3n) is 3.56. The van der Waals surface area contributed by atoms with Gasteiger partial charge in [0.1, 0.15) is 0 Å². The molecule has 0 spiro atoms. The molecular weight excluding hydrogens is 308 g/mol. The standard InChI is InChI=1S/C15H17ClN2O4/c1-9(14(17)20)22-15(21)11-6-13(19)18(8-11)7-10-4-2-3-5-12(10)16/h2-5,9,11H,6-8H2,1H3,(H2,17,20)/t9-,11+/m0/s1. The van der Waals surface area contributed by atoms with Crippen LogP contribution < -0.4 is 5.73 Å². The molecule has 2 amide bonds. The van der Waals surface area contributed by atoms with Crippen LogP contribution >= 0.6 is 11.6 Å². The van der Waals surface area contributed by atoms with E-state index in [1.807, 2.05) is 18.2 Å². The number of hydrogen-bond donors (Lipinski definition) is 1. The molecule has 1 aliphatic heterocycles. The van der Waals surface area contributed by atoms with Crippen molar-refractivity contribution in [2.24, 2.45) is 11.7 Å². The maximum Gasteiger partial charge on any atom is 0.312 e. The van der Waals surface area contributed by atoms with Crippen LogP contribution in [0.5, 0.6) is 0 Å². The van der Waals surface area contributed by atoms with Gasteiger partial charge in [0.15, 0.2) is 6.10 Å². The summed E-state index contributed by atoms with van der Waals surface area (Å²) in [6.07, 6.45) is -0.936. The second-order valence-corrected chi connectivity index (χ2v) is 5.66. The summed E-state index contributed by atoms with van der Waals surface area (Å²) in [5, 5.41) is 0.573. The molecule has 0 aromatic heterocycles. The number of nitrogens with two attached hydrogens (primary N) is 1. The van der Waals surface area contributed by atoms with Gasteiger partial charge in [-0.2, -0.15) is 0 Å². The monoisotopic (exact) mass is 324 g/mol. The van der Waals surface area contributed by atoms with E-state index in [-0.39, 0.29) is 18.9 Å². The first-order valence-electron chi connectivity index (χ1n) is 6.89. The molecule has 2 rings (SSSR count). The largest absolute Gasteiger partial charge is 0.452 e. The van der Waals surface area contributed by atoms with Gasteiger partial charge in [0.05, 0.1) is 5.92 Å². The zero-order chi connectivity index (χ0) is 16.3. The molecule has 1 fully saturated rings. The second kappa shape index (κ2) is 6.79. The number of rotatable bonds is 5. The van der Waals surface area contributed by atoms with Crippen molar-refractivity contribution in [1.82, 2.24) is 4.90 Å². The van der Waals surface area contributed by atoms with Gasteiger partial charge >= 0.3 is 5.97 Å². The fourth-order valence-electron chi connectivity index (χ4n) is 2.24. The lowest BCUT2D eigenvalue weighted by Gasteiger charge is -2.17. The topological polar surface area (TPSA) is 89.7 Å². The molecule has 1 saturated heterocycles. The molecule has 6 nitrogen and oxygen atoms in total. The Morgan fingerprint density at radius 3 is 2.77 bits per heavy atom. The number of nitrogens with zero attached hydrogens (tertiary/aromatic N) is 1. The van der Waals surface area contributed by atoms with Gasteiger partial charge in [-0.15, -0.1) is 0 Å². The number of carbonyl (C=O) groups is 3. The zero-order valence-electron chi connectivity index (χ0n) is 12.1. The lowest BCUT2D eigenvalue weighted by Crippen LogP contribution is -2.33. The number of ether oxygens (including phenoxy) is 1. The SMILES string of the molecule is C[C@H](OC(=O)[C@@H]1CC(=O)N(Cc2ccccc2Cl)C1)C(N)=O. The highest BCUT2D eigenvalue weighted by Gasteiger charge is 2.36. The Hall–Kier alpha value is -2.08. The van der Waals surface area contributed by atoms with Crippen molar-refractivity contribution in [3.63, 3.8) is 0 Å². The van der Waals surface area contributed by atoms with Crippen LogP contribution in [0.1, 0.15) is 18.9 Å². The molecule has 0 saturated carbocycles. The number of carbonyl (C=O) groups excluding carboxylic acids is 3. The van der Waals surface area contributed by atoms with Gasteiger partial charge in [0.2, 0.25) is 5.91 Å². The van der Waals surface area contributed by atoms with Gasteiger partial charge in [-0.05, 0) is 18.6 Å². The lowest BCUT2D eigenvalue weighted by molar-refractivity contribution is -0.157. The van der Waals surface area contributed by atoms with Gasteiger partial charge in [0, 0.05) is 24.5 Å². The van der Waals surface area contributed by atoms with E-state index >= 15 is 0 Å². The first kappa shape index (κ1) is 16.3. The number of primary amides is 1. The summed E-state index contributed by atoms with van der Waals surface area (Å²) in [6.45, 7) is 1.99. The summed E-state index contributed by atoms with van der Waals surface area (Å²) in [4.78, 5) is 36.4. The molecule has 1 heterocycles. The van der Waals surface area contributed by atoms with Gasteiger partial charge < -0.3 is 15.4 Å². The van der Waals surface area contributed by atoms with Crippen LogP contribution in [0.2, 0.25) is 5.02 Å². The summed E-state index contributed by atoms with van der Waals surface area (Å²) in [5.41, 5.74) is 5.86. The molecule has 1 aromatic carbocycles. The Labute approximate surface area is 133 Å². The van der Waals surface area contributed by atoms with Crippen molar-refractivity contribution in [3.8, 4) is 0 Å². The summed E-state index contributed by atoms with van der Waals surface area (Å²) in [6, 6.07) is 7.22. The maximum atomic E-state index is 12.0. The molecule has 7 heteroatoms. The first-order chi connectivity index (χ1) is 10.4. The summed E-state index contributed by atoms with van der Waals surface area (Å²) in [5.74, 6) is -2.03. The molecule has 0 bridgehead atoms. The van der Waals surface area contributed by atoms with E-state index in [9.17, 15) is 14.4 Å². The molecule has 118 valence electrons. The van der Waals surface area contributed by atoms with Crippen LogP contribution in [-0.2, 0) is 25.7 Å². The number of halogens is 1. The Morgan fingerprint density at radius 2 is 2.14 bits per heavy atom. The summed E-state index contributed by atoms with van der Waals surface area (Å²) >= 11 is 6.07. The average molecular weight is 325 g/mol. The van der Waals surface area contributed by atoms with Gasteiger partial charge in [0.25, 0.3) is 5.91 Å². The minimum absolute atomic E-state index is 0.0643. The van der Waals surface area contributed by atoms with Crippen molar-refractivity contribution < 1.29 is 19.1 Å². The number of amides is 2. The maximum absolute atomic E-state index is 12.0. The Kier molecular flexibility index (Phi) is 5.03. The summed E-state index contributed by atoms with van der Waals surface area (Å²) in [7, 11) is 0. The lowest BCUT2D eigenvalue weighted by atomic mass is 10.1. The molecule has 1 aromatic rings. The van der Waals surface area contributed by atoms with Crippen molar-refractivity contribution in [2.45, 2.75) is 26.0 Å². The smallest absolute Gasteiger partial charge is 0.312 e. The molecule has 0 aliphatic carbocycles. The van der Waals surface area contributed by atoms with Crippen molar-refractivity contribution in [1.29, 1.82) is 0 Å². The van der Waals surface area contributed by atoms with Gasteiger partial charge in [-0.1, -0.05) is 29.8 Å². The highest BCUT2D eigenvalue weighted by atomic mass is 35.5. The van der Waals surface area contributed by atoms with Gasteiger partial charge in [-0.25, -0.2) is 0 Å². The first-order valence-corrected chi connectivity index (χ1v) is 7.27. The highest BCUT2D eigenvalue weighted by Crippen LogP contribution is 2.24. The van der Waals surface area contributed by atoms with Crippen LogP contribution in [0, 0.1) is 5.92 Å². The minimum Gasteiger partial charge on any atom is -0.452 e. The van der Waals surface area contributed by atoms with E-state index in [1.165, 1.54) is 6.92 Å². The molecule has 2 atom stereocenters. The number of hydrogen-bond acceptors (Lipinski definition) is 4. The van der Waals surface area contributed by atoms with Crippen molar-refractivity contribution >= 4 is 29.4 Å². The molecule has 22 heavy (non-hydrogen) atoms. The number of benzene rings is 1. The van der Waals surface area contributed by atoms with Crippen LogP contribution in [0.15, 0.2) is 24.3 Å². The zero-order valence-corrected chi connectivity index (χ0v) is 12.9. The molecule has 1 aliphatic rings. The molecule has 0 radical (unpaired) electrons. The minimum atomic E-state index is -1.000. The van der Waals surface area contributed by atoms with E-state index in [2.05, 4.69) is 0 Å². The summed E-state index contributed by atoms with van der Waals surface area (Å²) < 4.78 is 4.95. The van der Waals surface area contributed by atoms with E-state index in [4.69, 9.17) is 22.1 Å². The van der Waals surface area contributed by atoms with E-state index < -0.39 is 23.9 Å². The third kappa shape index (κ3) is 3.76. The Morgan fingerprint density at radius 1 is 1.45 bits per heavy atom. The third-order valence-corrected chi connectivity index (χ3v) is 3.93. The van der Waals surface area contributed by atoms with Crippen LogP contribution in [0.3, 0.4) is 0 Å². The van der Waals surface area contributed by atoms with Crippen molar-refractivity contribution in [2.75, 3.05) is 6.54 Å². The number of likely N-dealkylation sites (tertiary alicyclic amines) is 1. The fraction of sp³-hybridized carbons (Fsp3) is 0.400. The molecule has 0 unspecified atom stereocenters. The predicted molar refractivity (Wildman–Crippen MR) is 79.7 cm³/mol. The van der Waals surface area contributed by atoms with Crippen molar-refractivity contribution in [3.05, 3.63) is 34.9 Å². The van der Waals surface area contributed by atoms with Crippen LogP contribution in [0.25, 0.3) is 0 Å². The van der Waals surface area contributed by atoms with Crippen LogP contribution in [-0.4, -0.2) is 35.3 Å². The predicted octanol–water partition coefficient (Wildman–Crippen LogP) is 1.11. The Balaban J connectivity index is 1.97. The quantitative estimate of drug-likeness (QED) is 0.821. The normalized spacial score (nSPS) is 19.1. The van der Waals surface area contributed by atoms with Crippen LogP contribution in [0.4, 0.5) is 0 Å². The van der Waals surface area contributed by atoms with E-state index in [0.29, 0.717) is 11.6 Å². The average Bonchev–Trinajstić information content (AvgIpc) is 2.82. The molecular formula is C15H17ClN2O4. The van der Waals surface area contributed by atoms with E-state index in [1.54, 1.807) is 11.0 Å². The van der Waals surface area contributed by atoms with Gasteiger partial charge in [-0.3, -0.25) is 14.4 Å². The van der Waals surface area contributed by atoms with E-state index in [0.717, 1.165) is 5.56 Å².